The van der Waals surface area contributed by atoms with Crippen LogP contribution in [0.1, 0.15) is 84.5 Å². The van der Waals surface area contributed by atoms with Crippen LogP contribution in [-0.2, 0) is 22.0 Å². The summed E-state index contributed by atoms with van der Waals surface area (Å²) in [5, 5.41) is 0. The highest BCUT2D eigenvalue weighted by Crippen LogP contribution is 2.46. The second kappa shape index (κ2) is 8.93. The number of carbonyl (C=O) groups excluding carboxylic acids is 1. The van der Waals surface area contributed by atoms with Crippen LogP contribution in [0.2, 0.25) is 0 Å². The molecule has 0 bridgehead atoms. The molecule has 0 aliphatic heterocycles. The molecule has 1 aromatic heterocycles. The van der Waals surface area contributed by atoms with Crippen molar-refractivity contribution in [3.63, 3.8) is 0 Å². The number of methoxy groups -OCH3 is 1. The van der Waals surface area contributed by atoms with Gasteiger partial charge in [0, 0.05) is 18.8 Å². The molecule has 0 spiro atoms. The number of carbonyl (C=O) groups is 1. The normalized spacial score (nSPS) is 16.4. The molecule has 0 N–H and O–H groups in total. The number of ether oxygens (including phenoxy) is 1. The lowest BCUT2D eigenvalue weighted by Gasteiger charge is -2.42. The maximum atomic E-state index is 11.7. The smallest absolute Gasteiger partial charge is 0.337 e. The molecule has 170 valence electrons. The predicted octanol–water partition coefficient (Wildman–Crippen LogP) is 6.37. The molecule has 0 amide bonds. The average molecular weight is 441 g/mol. The molecule has 4 heteroatoms. The summed E-state index contributed by atoms with van der Waals surface area (Å²) in [5.41, 5.74) is 7.13. The zero-order valence-corrected chi connectivity index (χ0v) is 20.2. The number of esters is 1. The van der Waals surface area contributed by atoms with E-state index >= 15 is 0 Å². The van der Waals surface area contributed by atoms with Crippen LogP contribution in [0.5, 0.6) is 0 Å². The summed E-state index contributed by atoms with van der Waals surface area (Å²) in [6.45, 7) is 9.39. The molecule has 1 heterocycles. The number of benzene rings is 2. The van der Waals surface area contributed by atoms with Gasteiger partial charge in [0.15, 0.2) is 0 Å². The Morgan fingerprint density at radius 3 is 2.15 bits per heavy atom. The quantitative estimate of drug-likeness (QED) is 0.341. The summed E-state index contributed by atoms with van der Waals surface area (Å²) in [6, 6.07) is 14.1. The van der Waals surface area contributed by atoms with E-state index in [1.165, 1.54) is 42.2 Å². The van der Waals surface area contributed by atoms with Gasteiger partial charge in [0.2, 0.25) is 0 Å². The van der Waals surface area contributed by atoms with Gasteiger partial charge in [0.25, 0.3) is 0 Å². The zero-order valence-electron chi connectivity index (χ0n) is 20.2. The summed E-state index contributed by atoms with van der Waals surface area (Å²) >= 11 is 0. The van der Waals surface area contributed by atoms with E-state index in [1.807, 2.05) is 18.2 Å². The van der Waals surface area contributed by atoms with Crippen LogP contribution in [0, 0.1) is 0 Å². The van der Waals surface area contributed by atoms with Crippen molar-refractivity contribution in [2.45, 2.75) is 57.8 Å². The van der Waals surface area contributed by atoms with Gasteiger partial charge in [-0.1, -0.05) is 64.1 Å². The first-order valence-corrected chi connectivity index (χ1v) is 11.5. The summed E-state index contributed by atoms with van der Waals surface area (Å²) in [5.74, 6) is 0.498. The minimum Gasteiger partial charge on any atom is -0.465 e. The molecule has 0 unspecified atom stereocenters. The molecule has 0 saturated carbocycles. The van der Waals surface area contributed by atoms with Crippen molar-refractivity contribution < 1.29 is 9.53 Å². The first-order chi connectivity index (χ1) is 15.7. The van der Waals surface area contributed by atoms with E-state index < -0.39 is 0 Å². The fourth-order valence-corrected chi connectivity index (χ4v) is 4.61. The van der Waals surface area contributed by atoms with Crippen LogP contribution in [0.3, 0.4) is 0 Å². The molecule has 0 saturated heterocycles. The fraction of sp³-hybridized carbons (Fsp3) is 0.345. The Hall–Kier alpha value is -3.27. The highest BCUT2D eigenvalue weighted by Gasteiger charge is 2.37. The third-order valence-electron chi connectivity index (χ3n) is 6.87. The molecule has 0 atom stereocenters. The highest BCUT2D eigenvalue weighted by atomic mass is 16.5. The zero-order chi connectivity index (χ0) is 23.6. The van der Waals surface area contributed by atoms with Gasteiger partial charge < -0.3 is 4.74 Å². The van der Waals surface area contributed by atoms with E-state index in [9.17, 15) is 4.79 Å². The van der Waals surface area contributed by atoms with Gasteiger partial charge in [-0.05, 0) is 69.7 Å². The Labute approximate surface area is 196 Å². The molecule has 4 nitrogen and oxygen atoms in total. The lowest BCUT2D eigenvalue weighted by atomic mass is 9.62. The molecule has 2 aromatic carbocycles. The van der Waals surface area contributed by atoms with Crippen LogP contribution >= 0.6 is 0 Å². The van der Waals surface area contributed by atoms with E-state index in [0.29, 0.717) is 12.0 Å². The Bertz CT molecular complexity index is 1180. The molecular formula is C29H32N2O2. The lowest BCUT2D eigenvalue weighted by Crippen LogP contribution is -2.34. The van der Waals surface area contributed by atoms with E-state index in [1.54, 1.807) is 24.5 Å². The number of hydrogen-bond donors (Lipinski definition) is 0. The van der Waals surface area contributed by atoms with Crippen LogP contribution < -0.4 is 0 Å². The van der Waals surface area contributed by atoms with Gasteiger partial charge in [-0.3, -0.25) is 0 Å². The lowest BCUT2D eigenvalue weighted by molar-refractivity contribution is 0.0600. The first kappa shape index (κ1) is 22.9. The van der Waals surface area contributed by atoms with Gasteiger partial charge in [-0.25, -0.2) is 14.8 Å². The second-order valence-electron chi connectivity index (χ2n) is 10.2. The van der Waals surface area contributed by atoms with Crippen LogP contribution in [0.25, 0.3) is 12.2 Å². The van der Waals surface area contributed by atoms with Crippen molar-refractivity contribution in [3.05, 3.63) is 94.1 Å². The molecule has 33 heavy (non-hydrogen) atoms. The highest BCUT2D eigenvalue weighted by molar-refractivity contribution is 5.89. The molecule has 1 aliphatic rings. The SMILES string of the molecule is COC(=O)c1ccc(/C=C/c2cc3c(cc2Cc2ncccn2)C(C)(C)CCC3(C)C)cc1. The standard InChI is InChI=1S/C29H32N2O2/c1-28(2)13-14-29(3,4)25-18-23(19-26-30-15-6-16-31-26)22(17-24(25)28)12-9-20-7-10-21(11-8-20)27(32)33-5/h6-12,15-18H,13-14,19H2,1-5H3/b12-9+. The second-order valence-corrected chi connectivity index (χ2v) is 10.2. The van der Waals surface area contributed by atoms with E-state index in [4.69, 9.17) is 4.74 Å². The predicted molar refractivity (Wildman–Crippen MR) is 133 cm³/mol. The molecule has 3 aromatic rings. The molecule has 0 fully saturated rings. The molecule has 4 rings (SSSR count). The van der Waals surface area contributed by atoms with Crippen molar-refractivity contribution in [2.75, 3.05) is 7.11 Å². The number of hydrogen-bond acceptors (Lipinski definition) is 4. The van der Waals surface area contributed by atoms with Crippen LogP contribution in [-0.4, -0.2) is 23.0 Å². The van der Waals surface area contributed by atoms with E-state index in [0.717, 1.165) is 11.4 Å². The van der Waals surface area contributed by atoms with Gasteiger partial charge >= 0.3 is 5.97 Å². The number of rotatable bonds is 5. The third kappa shape index (κ3) is 4.90. The number of aromatic nitrogens is 2. The minimum atomic E-state index is -0.324. The summed E-state index contributed by atoms with van der Waals surface area (Å²) in [6.07, 6.45) is 10.9. The van der Waals surface area contributed by atoms with Gasteiger partial charge in [-0.15, -0.1) is 0 Å². The van der Waals surface area contributed by atoms with Crippen molar-refractivity contribution in [1.29, 1.82) is 0 Å². The van der Waals surface area contributed by atoms with E-state index in [2.05, 4.69) is 61.9 Å². The molecule has 0 radical (unpaired) electrons. The van der Waals surface area contributed by atoms with Crippen molar-refractivity contribution in [2.24, 2.45) is 0 Å². The minimum absolute atomic E-state index is 0.136. The Morgan fingerprint density at radius 1 is 0.939 bits per heavy atom. The Kier molecular flexibility index (Phi) is 6.20. The van der Waals surface area contributed by atoms with E-state index in [-0.39, 0.29) is 16.8 Å². The third-order valence-corrected chi connectivity index (χ3v) is 6.87. The van der Waals surface area contributed by atoms with Gasteiger partial charge in [0.1, 0.15) is 5.82 Å². The summed E-state index contributed by atoms with van der Waals surface area (Å²) in [4.78, 5) is 20.7. The Balaban J connectivity index is 1.76. The maximum absolute atomic E-state index is 11.7. The average Bonchev–Trinajstić information content (AvgIpc) is 2.81. The monoisotopic (exact) mass is 440 g/mol. The molecule has 1 aliphatic carbocycles. The Morgan fingerprint density at radius 2 is 1.55 bits per heavy atom. The van der Waals surface area contributed by atoms with Crippen molar-refractivity contribution in [3.8, 4) is 0 Å². The summed E-state index contributed by atoms with van der Waals surface area (Å²) in [7, 11) is 1.40. The fourth-order valence-electron chi connectivity index (χ4n) is 4.61. The topological polar surface area (TPSA) is 52.1 Å². The van der Waals surface area contributed by atoms with Crippen molar-refractivity contribution in [1.82, 2.24) is 9.97 Å². The summed E-state index contributed by atoms with van der Waals surface area (Å²) < 4.78 is 4.80. The number of nitrogens with zero attached hydrogens (tertiary/aromatic N) is 2. The largest absolute Gasteiger partial charge is 0.465 e. The molecular weight excluding hydrogens is 408 g/mol. The van der Waals surface area contributed by atoms with Crippen LogP contribution in [0.15, 0.2) is 54.9 Å². The van der Waals surface area contributed by atoms with Crippen LogP contribution in [0.4, 0.5) is 0 Å². The van der Waals surface area contributed by atoms with Gasteiger partial charge in [0.05, 0.1) is 12.7 Å². The maximum Gasteiger partial charge on any atom is 0.337 e. The van der Waals surface area contributed by atoms with Gasteiger partial charge in [-0.2, -0.15) is 0 Å². The number of fused-ring (bicyclic) bond motifs is 1. The van der Waals surface area contributed by atoms with Crippen molar-refractivity contribution >= 4 is 18.1 Å². The first-order valence-electron chi connectivity index (χ1n) is 11.5.